The molecule has 226 valence electrons. The summed E-state index contributed by atoms with van der Waals surface area (Å²) in [5.41, 5.74) is 4.38. The quantitative estimate of drug-likeness (QED) is 0.257. The fraction of sp³-hybridized carbons (Fsp3) is 0.486. The van der Waals surface area contributed by atoms with Crippen LogP contribution in [0, 0.1) is 11.8 Å². The van der Waals surface area contributed by atoms with E-state index in [1.165, 1.54) is 38.8 Å². The number of rotatable bonds is 8. The lowest BCUT2D eigenvalue weighted by Crippen LogP contribution is -2.48. The van der Waals surface area contributed by atoms with Crippen molar-refractivity contribution in [3.63, 3.8) is 0 Å². The average Bonchev–Trinajstić information content (AvgIpc) is 3.56. The molecule has 2 aromatic carbocycles. The van der Waals surface area contributed by atoms with E-state index in [1.54, 1.807) is 12.5 Å². The van der Waals surface area contributed by atoms with Crippen molar-refractivity contribution in [1.29, 1.82) is 0 Å². The number of nitrogens with zero attached hydrogens (tertiary/aromatic N) is 6. The van der Waals surface area contributed by atoms with Crippen molar-refractivity contribution in [2.75, 3.05) is 37.6 Å². The van der Waals surface area contributed by atoms with Crippen LogP contribution in [0.25, 0.3) is 22.3 Å². The van der Waals surface area contributed by atoms with Gasteiger partial charge in [-0.1, -0.05) is 30.3 Å². The molecular formula is C35H45N7O. The second-order valence-corrected chi connectivity index (χ2v) is 13.2. The number of aryl methyl sites for hydroxylation is 1. The van der Waals surface area contributed by atoms with Gasteiger partial charge in [-0.05, 0) is 96.0 Å². The number of anilines is 1. The highest BCUT2D eigenvalue weighted by molar-refractivity contribution is 5.97. The summed E-state index contributed by atoms with van der Waals surface area (Å²) in [6, 6.07) is 16.0. The van der Waals surface area contributed by atoms with Gasteiger partial charge in [-0.25, -0.2) is 15.0 Å². The SMILES string of the molecule is CC(C)(C)N1CCC(C2CCN(c3nc4ccc(C(=O)NCCCn5ccnc5)cc4nc3-c3ccccc3)CC2)CC1. The predicted molar refractivity (Wildman–Crippen MR) is 173 cm³/mol. The predicted octanol–water partition coefficient (Wildman–Crippen LogP) is 6.04. The highest BCUT2D eigenvalue weighted by Gasteiger charge is 2.33. The number of fused-ring (bicyclic) bond motifs is 1. The van der Waals surface area contributed by atoms with E-state index in [2.05, 4.69) is 65.1 Å². The molecule has 1 N–H and O–H groups in total. The molecular weight excluding hydrogens is 534 g/mol. The van der Waals surface area contributed by atoms with E-state index >= 15 is 0 Å². The Morgan fingerprint density at radius 2 is 1.63 bits per heavy atom. The molecule has 1 amide bonds. The van der Waals surface area contributed by atoms with E-state index in [0.717, 1.165) is 66.0 Å². The normalized spacial score (nSPS) is 17.4. The Hall–Kier alpha value is -3.78. The van der Waals surface area contributed by atoms with Crippen LogP contribution in [0.4, 0.5) is 5.82 Å². The van der Waals surface area contributed by atoms with Crippen molar-refractivity contribution >= 4 is 22.8 Å². The summed E-state index contributed by atoms with van der Waals surface area (Å²) in [5.74, 6) is 2.48. The van der Waals surface area contributed by atoms with E-state index in [1.807, 2.05) is 35.0 Å². The van der Waals surface area contributed by atoms with Gasteiger partial charge in [0.1, 0.15) is 5.69 Å². The van der Waals surface area contributed by atoms with Gasteiger partial charge < -0.3 is 14.8 Å². The summed E-state index contributed by atoms with van der Waals surface area (Å²) in [7, 11) is 0. The van der Waals surface area contributed by atoms with Crippen LogP contribution in [0.2, 0.25) is 0 Å². The van der Waals surface area contributed by atoms with Gasteiger partial charge in [-0.15, -0.1) is 0 Å². The lowest BCUT2D eigenvalue weighted by Gasteiger charge is -2.44. The molecule has 0 saturated carbocycles. The number of carbonyl (C=O) groups is 1. The van der Waals surface area contributed by atoms with Crippen LogP contribution < -0.4 is 10.2 Å². The standard InChI is InChI=1S/C35H45N7O/c1-35(2,3)42-21-14-27(15-22-42)26-12-19-41(20-13-26)33-32(28-8-5-4-6-9-28)38-31-24-29(10-11-30(31)39-33)34(43)37-16-7-18-40-23-17-36-25-40/h4-6,8-11,17,23-27H,7,12-16,18-22H2,1-3H3,(H,37,43). The highest BCUT2D eigenvalue weighted by Crippen LogP contribution is 2.37. The topological polar surface area (TPSA) is 79.2 Å². The van der Waals surface area contributed by atoms with E-state index in [0.29, 0.717) is 12.1 Å². The van der Waals surface area contributed by atoms with Crippen LogP contribution in [-0.4, -0.2) is 68.6 Å². The maximum atomic E-state index is 13.0. The maximum Gasteiger partial charge on any atom is 0.251 e. The molecule has 4 aromatic rings. The Morgan fingerprint density at radius 1 is 0.907 bits per heavy atom. The first-order chi connectivity index (χ1) is 20.8. The number of benzene rings is 2. The van der Waals surface area contributed by atoms with Gasteiger partial charge in [0.25, 0.3) is 5.91 Å². The van der Waals surface area contributed by atoms with E-state index < -0.39 is 0 Å². The summed E-state index contributed by atoms with van der Waals surface area (Å²) in [6.07, 6.45) is 11.4. The van der Waals surface area contributed by atoms with E-state index in [9.17, 15) is 4.79 Å². The molecule has 0 aliphatic carbocycles. The minimum atomic E-state index is -0.0879. The number of imidazole rings is 1. The lowest BCUT2D eigenvalue weighted by molar-refractivity contribution is 0.0655. The zero-order chi connectivity index (χ0) is 29.8. The number of amides is 1. The molecule has 0 unspecified atom stereocenters. The fourth-order valence-electron chi connectivity index (χ4n) is 6.81. The zero-order valence-corrected chi connectivity index (χ0v) is 25.9. The van der Waals surface area contributed by atoms with Crippen molar-refractivity contribution in [3.05, 3.63) is 72.8 Å². The maximum absolute atomic E-state index is 13.0. The van der Waals surface area contributed by atoms with Crippen LogP contribution in [0.3, 0.4) is 0 Å². The van der Waals surface area contributed by atoms with Crippen molar-refractivity contribution < 1.29 is 4.79 Å². The second kappa shape index (κ2) is 12.8. The number of hydrogen-bond donors (Lipinski definition) is 1. The lowest BCUT2D eigenvalue weighted by atomic mass is 9.78. The number of hydrogen-bond acceptors (Lipinski definition) is 6. The van der Waals surface area contributed by atoms with Gasteiger partial charge in [0.05, 0.1) is 17.4 Å². The van der Waals surface area contributed by atoms with E-state index in [4.69, 9.17) is 9.97 Å². The third-order valence-corrected chi connectivity index (χ3v) is 9.39. The number of likely N-dealkylation sites (tertiary alicyclic amines) is 1. The van der Waals surface area contributed by atoms with Gasteiger partial charge in [-0.3, -0.25) is 9.69 Å². The number of carbonyl (C=O) groups excluding carboxylic acids is 1. The Labute approximate surface area is 255 Å². The molecule has 2 saturated heterocycles. The minimum Gasteiger partial charge on any atom is -0.355 e. The average molecular weight is 580 g/mol. The van der Waals surface area contributed by atoms with Gasteiger partial charge >= 0.3 is 0 Å². The van der Waals surface area contributed by atoms with Crippen LogP contribution in [0.1, 0.15) is 63.2 Å². The first kappa shape index (κ1) is 29.3. The molecule has 4 heterocycles. The third-order valence-electron chi connectivity index (χ3n) is 9.39. The molecule has 0 atom stereocenters. The van der Waals surface area contributed by atoms with Crippen LogP contribution >= 0.6 is 0 Å². The van der Waals surface area contributed by atoms with Crippen LogP contribution in [0.5, 0.6) is 0 Å². The molecule has 2 aromatic heterocycles. The summed E-state index contributed by atoms with van der Waals surface area (Å²) in [6.45, 7) is 12.9. The summed E-state index contributed by atoms with van der Waals surface area (Å²) < 4.78 is 2.01. The van der Waals surface area contributed by atoms with Crippen molar-refractivity contribution in [1.82, 2.24) is 29.7 Å². The number of aromatic nitrogens is 4. The molecule has 8 heteroatoms. The minimum absolute atomic E-state index is 0.0879. The van der Waals surface area contributed by atoms with Crippen molar-refractivity contribution in [2.24, 2.45) is 11.8 Å². The number of piperidine rings is 2. The Kier molecular flexibility index (Phi) is 8.75. The molecule has 2 aliphatic rings. The van der Waals surface area contributed by atoms with Gasteiger partial charge in [0, 0.05) is 55.2 Å². The van der Waals surface area contributed by atoms with Gasteiger partial charge in [-0.2, -0.15) is 0 Å². The number of nitrogens with one attached hydrogen (secondary N) is 1. The first-order valence-corrected chi connectivity index (χ1v) is 16.0. The summed E-state index contributed by atoms with van der Waals surface area (Å²) in [4.78, 5) is 32.4. The molecule has 0 spiro atoms. The highest BCUT2D eigenvalue weighted by atomic mass is 16.1. The fourth-order valence-corrected chi connectivity index (χ4v) is 6.81. The van der Waals surface area contributed by atoms with Gasteiger partial charge in [0.2, 0.25) is 0 Å². The van der Waals surface area contributed by atoms with Crippen molar-refractivity contribution in [2.45, 2.75) is 65.0 Å². The molecule has 8 nitrogen and oxygen atoms in total. The Balaban J connectivity index is 1.16. The van der Waals surface area contributed by atoms with Gasteiger partial charge in [0.15, 0.2) is 5.82 Å². The molecule has 0 radical (unpaired) electrons. The smallest absolute Gasteiger partial charge is 0.251 e. The van der Waals surface area contributed by atoms with E-state index in [-0.39, 0.29) is 11.4 Å². The largest absolute Gasteiger partial charge is 0.355 e. The molecule has 6 rings (SSSR count). The summed E-state index contributed by atoms with van der Waals surface area (Å²) >= 11 is 0. The molecule has 2 fully saturated rings. The first-order valence-electron chi connectivity index (χ1n) is 16.0. The van der Waals surface area contributed by atoms with Crippen molar-refractivity contribution in [3.8, 4) is 11.3 Å². The molecule has 43 heavy (non-hydrogen) atoms. The molecule has 0 bridgehead atoms. The summed E-state index contributed by atoms with van der Waals surface area (Å²) in [5, 5.41) is 3.04. The van der Waals surface area contributed by atoms with Crippen LogP contribution in [0.15, 0.2) is 67.3 Å². The third kappa shape index (κ3) is 6.90. The second-order valence-electron chi connectivity index (χ2n) is 13.2. The Bertz CT molecular complexity index is 1500. The monoisotopic (exact) mass is 579 g/mol. The Morgan fingerprint density at radius 3 is 2.30 bits per heavy atom. The zero-order valence-electron chi connectivity index (χ0n) is 25.9. The molecule has 2 aliphatic heterocycles. The van der Waals surface area contributed by atoms with Crippen LogP contribution in [-0.2, 0) is 6.54 Å².